The Morgan fingerprint density at radius 2 is 1.90 bits per heavy atom. The quantitative estimate of drug-likeness (QED) is 0.856. The van der Waals surface area contributed by atoms with Crippen LogP contribution in [0.15, 0.2) is 59.1 Å². The van der Waals surface area contributed by atoms with Crippen LogP contribution in [0.1, 0.15) is 24.2 Å². The SMILES string of the molecule is CC1C=CC(C(=O)c2c[nH]c3ccccc3c2=O)=CC1C. The molecule has 0 aliphatic heterocycles. The number of pyridine rings is 1. The number of hydrogen-bond acceptors (Lipinski definition) is 2. The summed E-state index contributed by atoms with van der Waals surface area (Å²) in [7, 11) is 0. The molecule has 2 atom stereocenters. The van der Waals surface area contributed by atoms with Gasteiger partial charge in [0.2, 0.25) is 5.43 Å². The number of aromatic nitrogens is 1. The van der Waals surface area contributed by atoms with Gasteiger partial charge in [0.1, 0.15) is 0 Å². The Kier molecular flexibility index (Phi) is 3.34. The average Bonchev–Trinajstić information content (AvgIpc) is 2.50. The number of nitrogens with one attached hydrogen (secondary N) is 1. The maximum Gasteiger partial charge on any atom is 0.200 e. The normalized spacial score (nSPS) is 21.3. The van der Waals surface area contributed by atoms with Crippen LogP contribution in [0, 0.1) is 11.8 Å². The molecule has 2 aromatic rings. The van der Waals surface area contributed by atoms with E-state index in [0.29, 0.717) is 22.8 Å². The van der Waals surface area contributed by atoms with Crippen molar-refractivity contribution in [3.63, 3.8) is 0 Å². The van der Waals surface area contributed by atoms with Gasteiger partial charge in [-0.15, -0.1) is 0 Å². The van der Waals surface area contributed by atoms with Gasteiger partial charge < -0.3 is 4.98 Å². The Balaban J connectivity index is 2.07. The summed E-state index contributed by atoms with van der Waals surface area (Å²) in [5, 5.41) is 0.546. The number of para-hydroxylation sites is 1. The van der Waals surface area contributed by atoms with Crippen molar-refractivity contribution in [2.75, 3.05) is 0 Å². The second-order valence-corrected chi connectivity index (χ2v) is 5.61. The fourth-order valence-electron chi connectivity index (χ4n) is 2.56. The lowest BCUT2D eigenvalue weighted by Crippen LogP contribution is -2.19. The number of benzene rings is 1. The molecule has 106 valence electrons. The fraction of sp³-hybridized carbons (Fsp3) is 0.222. The van der Waals surface area contributed by atoms with Crippen LogP contribution >= 0.6 is 0 Å². The van der Waals surface area contributed by atoms with Crippen LogP contribution in [0.4, 0.5) is 0 Å². The predicted molar refractivity (Wildman–Crippen MR) is 84.5 cm³/mol. The highest BCUT2D eigenvalue weighted by atomic mass is 16.1. The number of Topliss-reactive ketones (excluding diaryl/α,β-unsaturated/α-hetero) is 1. The Morgan fingerprint density at radius 3 is 2.67 bits per heavy atom. The summed E-state index contributed by atoms with van der Waals surface area (Å²) in [5.41, 5.74) is 1.33. The van der Waals surface area contributed by atoms with Gasteiger partial charge in [0.15, 0.2) is 5.78 Å². The molecule has 3 rings (SSSR count). The van der Waals surface area contributed by atoms with Gasteiger partial charge in [-0.05, 0) is 24.0 Å². The monoisotopic (exact) mass is 279 g/mol. The molecule has 21 heavy (non-hydrogen) atoms. The van der Waals surface area contributed by atoms with Crippen LogP contribution < -0.4 is 5.43 Å². The number of carbonyl (C=O) groups is 1. The number of fused-ring (bicyclic) bond motifs is 1. The molecule has 0 saturated carbocycles. The molecule has 1 aromatic carbocycles. The molecule has 1 N–H and O–H groups in total. The second-order valence-electron chi connectivity index (χ2n) is 5.61. The van der Waals surface area contributed by atoms with Crippen molar-refractivity contribution in [2.45, 2.75) is 13.8 Å². The molecule has 0 radical (unpaired) electrons. The minimum atomic E-state index is -0.213. The molecule has 1 aliphatic carbocycles. The molecule has 2 unspecified atom stereocenters. The van der Waals surface area contributed by atoms with Crippen molar-refractivity contribution in [1.82, 2.24) is 4.98 Å². The summed E-state index contributed by atoms with van der Waals surface area (Å²) in [6.45, 7) is 4.19. The molecule has 0 bridgehead atoms. The highest BCUT2D eigenvalue weighted by molar-refractivity contribution is 6.11. The summed E-state index contributed by atoms with van der Waals surface area (Å²) < 4.78 is 0. The van der Waals surface area contributed by atoms with Crippen LogP contribution in [0.3, 0.4) is 0 Å². The maximum absolute atomic E-state index is 12.6. The van der Waals surface area contributed by atoms with Crippen molar-refractivity contribution in [3.8, 4) is 0 Å². The number of rotatable bonds is 2. The van der Waals surface area contributed by atoms with E-state index in [4.69, 9.17) is 0 Å². The summed E-state index contributed by atoms with van der Waals surface area (Å²) in [6, 6.07) is 7.22. The molecule has 3 nitrogen and oxygen atoms in total. The van der Waals surface area contributed by atoms with E-state index in [1.54, 1.807) is 12.1 Å². The van der Waals surface area contributed by atoms with Crippen molar-refractivity contribution in [3.05, 3.63) is 70.1 Å². The zero-order valence-electron chi connectivity index (χ0n) is 12.1. The standard InChI is InChI=1S/C18H17NO2/c1-11-7-8-13(9-12(11)2)17(20)15-10-19-16-6-4-3-5-14(16)18(15)21/h3-12H,1-2H3,(H,19,21). The molecular weight excluding hydrogens is 262 g/mol. The van der Waals surface area contributed by atoms with Crippen molar-refractivity contribution < 1.29 is 4.79 Å². The van der Waals surface area contributed by atoms with E-state index in [1.165, 1.54) is 6.20 Å². The molecule has 3 heteroatoms. The molecule has 1 heterocycles. The molecule has 0 spiro atoms. The Hall–Kier alpha value is -2.42. The molecule has 0 fully saturated rings. The first kappa shape index (κ1) is 13.6. The lowest BCUT2D eigenvalue weighted by atomic mass is 9.86. The third kappa shape index (κ3) is 2.35. The number of carbonyl (C=O) groups excluding carboxylic acids is 1. The third-order valence-electron chi connectivity index (χ3n) is 4.15. The van der Waals surface area contributed by atoms with E-state index in [2.05, 4.69) is 18.8 Å². The van der Waals surface area contributed by atoms with Crippen LogP contribution in [0.2, 0.25) is 0 Å². The second kappa shape index (κ2) is 5.17. The maximum atomic E-state index is 12.6. The minimum absolute atomic E-state index is 0.200. The number of allylic oxidation sites excluding steroid dienone is 4. The van der Waals surface area contributed by atoms with Gasteiger partial charge in [-0.2, -0.15) is 0 Å². The predicted octanol–water partition coefficient (Wildman–Crippen LogP) is 3.48. The van der Waals surface area contributed by atoms with E-state index in [1.807, 2.05) is 30.4 Å². The summed E-state index contributed by atoms with van der Waals surface area (Å²) in [4.78, 5) is 28.1. The zero-order valence-corrected chi connectivity index (χ0v) is 12.1. The molecule has 1 aromatic heterocycles. The summed E-state index contributed by atoms with van der Waals surface area (Å²) in [6.07, 6.45) is 7.31. The summed E-state index contributed by atoms with van der Waals surface area (Å²) in [5.74, 6) is 0.502. The van der Waals surface area contributed by atoms with E-state index in [0.717, 1.165) is 5.52 Å². The highest BCUT2D eigenvalue weighted by Crippen LogP contribution is 2.23. The lowest BCUT2D eigenvalue weighted by Gasteiger charge is -2.18. The van der Waals surface area contributed by atoms with Crippen LogP contribution in [0.5, 0.6) is 0 Å². The first-order chi connectivity index (χ1) is 10.1. The molecular formula is C18H17NO2. The zero-order chi connectivity index (χ0) is 15.0. The summed E-state index contributed by atoms with van der Waals surface area (Å²) >= 11 is 0. The molecule has 1 aliphatic rings. The smallest absolute Gasteiger partial charge is 0.200 e. The van der Waals surface area contributed by atoms with Gasteiger partial charge in [-0.3, -0.25) is 9.59 Å². The Morgan fingerprint density at radius 1 is 1.14 bits per heavy atom. The van der Waals surface area contributed by atoms with Gasteiger partial charge in [-0.1, -0.05) is 44.2 Å². The van der Waals surface area contributed by atoms with Gasteiger partial charge in [0, 0.05) is 22.7 Å². The van der Waals surface area contributed by atoms with Crippen molar-refractivity contribution in [2.24, 2.45) is 11.8 Å². The largest absolute Gasteiger partial charge is 0.360 e. The van der Waals surface area contributed by atoms with E-state index >= 15 is 0 Å². The van der Waals surface area contributed by atoms with Crippen LogP contribution in [-0.2, 0) is 0 Å². The molecule has 0 saturated heterocycles. The number of aromatic amines is 1. The van der Waals surface area contributed by atoms with E-state index in [9.17, 15) is 9.59 Å². The van der Waals surface area contributed by atoms with E-state index < -0.39 is 0 Å². The highest BCUT2D eigenvalue weighted by Gasteiger charge is 2.20. The van der Waals surface area contributed by atoms with Gasteiger partial charge in [0.05, 0.1) is 5.56 Å². The lowest BCUT2D eigenvalue weighted by molar-refractivity contribution is 0.103. The van der Waals surface area contributed by atoms with Gasteiger partial charge in [0.25, 0.3) is 0 Å². The van der Waals surface area contributed by atoms with Crippen LogP contribution in [-0.4, -0.2) is 10.8 Å². The fourth-order valence-corrected chi connectivity index (χ4v) is 2.56. The van der Waals surface area contributed by atoms with Crippen LogP contribution in [0.25, 0.3) is 10.9 Å². The minimum Gasteiger partial charge on any atom is -0.360 e. The number of ketones is 1. The Labute approximate surface area is 123 Å². The van der Waals surface area contributed by atoms with Gasteiger partial charge in [-0.25, -0.2) is 0 Å². The first-order valence-corrected chi connectivity index (χ1v) is 7.13. The van der Waals surface area contributed by atoms with Crippen molar-refractivity contribution in [1.29, 1.82) is 0 Å². The van der Waals surface area contributed by atoms with Gasteiger partial charge >= 0.3 is 0 Å². The number of H-pyrrole nitrogens is 1. The first-order valence-electron chi connectivity index (χ1n) is 7.13. The number of hydrogen-bond donors (Lipinski definition) is 1. The Bertz CT molecular complexity index is 826. The average molecular weight is 279 g/mol. The van der Waals surface area contributed by atoms with Crippen molar-refractivity contribution >= 4 is 16.7 Å². The third-order valence-corrected chi connectivity index (χ3v) is 4.15. The topological polar surface area (TPSA) is 49.9 Å². The van der Waals surface area contributed by atoms with E-state index in [-0.39, 0.29) is 16.8 Å². The molecule has 0 amide bonds.